The number of ether oxygens (including phenoxy) is 1. The van der Waals surface area contributed by atoms with Crippen molar-refractivity contribution >= 4 is 8.07 Å². The van der Waals surface area contributed by atoms with E-state index in [0.29, 0.717) is 5.75 Å². The zero-order valence-electron chi connectivity index (χ0n) is 10.2. The van der Waals surface area contributed by atoms with Crippen molar-refractivity contribution in [2.75, 3.05) is 6.23 Å². The lowest BCUT2D eigenvalue weighted by Gasteiger charge is -2.18. The van der Waals surface area contributed by atoms with Crippen LogP contribution in [0.2, 0.25) is 19.6 Å². The molecule has 0 saturated heterocycles. The van der Waals surface area contributed by atoms with E-state index in [1.54, 1.807) is 6.07 Å². The number of phenolic OH excluding ortho intramolecular Hbond substituents is 1. The van der Waals surface area contributed by atoms with E-state index in [1.165, 1.54) is 0 Å². The second-order valence-corrected chi connectivity index (χ2v) is 10.7. The zero-order chi connectivity index (χ0) is 11.6. The third kappa shape index (κ3) is 3.59. The van der Waals surface area contributed by atoms with Gasteiger partial charge in [-0.15, -0.1) is 0 Å². The molecule has 0 aromatic heterocycles. The van der Waals surface area contributed by atoms with Crippen LogP contribution in [0.3, 0.4) is 0 Å². The van der Waals surface area contributed by atoms with Gasteiger partial charge in [-0.3, -0.25) is 0 Å². The Hall–Kier alpha value is -0.963. The summed E-state index contributed by atoms with van der Waals surface area (Å²) in [5.41, 5.74) is 1.86. The molecule has 1 aromatic carbocycles. The van der Waals surface area contributed by atoms with Crippen LogP contribution >= 0.6 is 0 Å². The summed E-state index contributed by atoms with van der Waals surface area (Å²) < 4.78 is 5.79. The molecular formula is C12H20O2Si. The average Bonchev–Trinajstić information content (AvgIpc) is 2.07. The summed E-state index contributed by atoms with van der Waals surface area (Å²) in [5.74, 6) is 1.24. The topological polar surface area (TPSA) is 29.5 Å². The van der Waals surface area contributed by atoms with Crippen LogP contribution in [-0.2, 0) is 0 Å². The first-order valence-corrected chi connectivity index (χ1v) is 8.93. The van der Waals surface area contributed by atoms with Crippen molar-refractivity contribution in [2.45, 2.75) is 33.5 Å². The molecule has 15 heavy (non-hydrogen) atoms. The van der Waals surface area contributed by atoms with Crippen molar-refractivity contribution in [2.24, 2.45) is 0 Å². The first-order chi connectivity index (χ1) is 6.79. The molecule has 0 fully saturated rings. The first kappa shape index (κ1) is 12.1. The molecule has 0 bridgehead atoms. The molecule has 1 rings (SSSR count). The Morgan fingerprint density at radius 1 is 1.13 bits per heavy atom. The number of hydrogen-bond acceptors (Lipinski definition) is 2. The maximum absolute atomic E-state index is 9.51. The molecule has 0 radical (unpaired) electrons. The van der Waals surface area contributed by atoms with Crippen molar-refractivity contribution < 1.29 is 9.84 Å². The summed E-state index contributed by atoms with van der Waals surface area (Å²) in [7, 11) is -1.18. The summed E-state index contributed by atoms with van der Waals surface area (Å²) in [6, 6.07) is 3.67. The van der Waals surface area contributed by atoms with Crippen molar-refractivity contribution in [3.63, 3.8) is 0 Å². The van der Waals surface area contributed by atoms with Crippen LogP contribution in [0.4, 0.5) is 0 Å². The van der Waals surface area contributed by atoms with Crippen molar-refractivity contribution in [3.05, 3.63) is 23.3 Å². The predicted molar refractivity (Wildman–Crippen MR) is 66.4 cm³/mol. The Kier molecular flexibility index (Phi) is 3.45. The van der Waals surface area contributed by atoms with Gasteiger partial charge in [-0.1, -0.05) is 19.6 Å². The van der Waals surface area contributed by atoms with Gasteiger partial charge in [-0.05, 0) is 37.1 Å². The Morgan fingerprint density at radius 2 is 1.73 bits per heavy atom. The molecule has 0 aliphatic heterocycles. The minimum atomic E-state index is -1.18. The van der Waals surface area contributed by atoms with Gasteiger partial charge < -0.3 is 9.84 Å². The number of aromatic hydroxyl groups is 1. The second kappa shape index (κ2) is 4.27. The third-order valence-electron chi connectivity index (χ3n) is 2.15. The van der Waals surface area contributed by atoms with E-state index in [1.807, 2.05) is 19.9 Å². The SMILES string of the molecule is Cc1cc(OC[Si](C)(C)C)c(C)cc1O. The predicted octanol–water partition coefficient (Wildman–Crippen LogP) is 3.27. The van der Waals surface area contributed by atoms with Gasteiger partial charge in [0.25, 0.3) is 0 Å². The number of rotatable bonds is 3. The zero-order valence-corrected chi connectivity index (χ0v) is 11.2. The van der Waals surface area contributed by atoms with Crippen LogP contribution in [0.1, 0.15) is 11.1 Å². The smallest absolute Gasteiger partial charge is 0.122 e. The van der Waals surface area contributed by atoms with Crippen LogP contribution in [0, 0.1) is 13.8 Å². The van der Waals surface area contributed by atoms with Crippen molar-refractivity contribution in [1.82, 2.24) is 0 Å². The lowest BCUT2D eigenvalue weighted by atomic mass is 10.1. The molecular weight excluding hydrogens is 204 g/mol. The van der Waals surface area contributed by atoms with E-state index in [2.05, 4.69) is 19.6 Å². The highest BCUT2D eigenvalue weighted by Gasteiger charge is 2.15. The molecule has 0 heterocycles. The molecule has 1 N–H and O–H groups in total. The second-order valence-electron chi connectivity index (χ2n) is 5.25. The number of benzene rings is 1. The van der Waals surface area contributed by atoms with Crippen LogP contribution in [-0.4, -0.2) is 19.4 Å². The summed E-state index contributed by atoms with van der Waals surface area (Å²) in [6.07, 6.45) is 0.818. The van der Waals surface area contributed by atoms with Gasteiger partial charge >= 0.3 is 0 Å². The maximum atomic E-state index is 9.51. The standard InChI is InChI=1S/C12H20O2Si/c1-9-7-12(10(2)6-11(9)13)14-8-15(3,4)5/h6-7,13H,8H2,1-5H3. The van der Waals surface area contributed by atoms with Crippen LogP contribution in [0.25, 0.3) is 0 Å². The third-order valence-corrected chi connectivity index (χ3v) is 3.16. The van der Waals surface area contributed by atoms with Gasteiger partial charge in [0.15, 0.2) is 0 Å². The Labute approximate surface area is 92.9 Å². The van der Waals surface area contributed by atoms with Gasteiger partial charge in [0.05, 0.1) is 14.3 Å². The van der Waals surface area contributed by atoms with E-state index in [0.717, 1.165) is 23.1 Å². The Morgan fingerprint density at radius 3 is 2.27 bits per heavy atom. The molecule has 3 heteroatoms. The fourth-order valence-electron chi connectivity index (χ4n) is 1.22. The molecule has 84 valence electrons. The number of aryl methyl sites for hydroxylation is 2. The highest BCUT2D eigenvalue weighted by molar-refractivity contribution is 6.76. The molecule has 2 nitrogen and oxygen atoms in total. The summed E-state index contributed by atoms with van der Waals surface area (Å²) in [6.45, 7) is 10.7. The molecule has 0 amide bonds. The minimum Gasteiger partial charge on any atom is -0.508 e. The van der Waals surface area contributed by atoms with Gasteiger partial charge in [-0.2, -0.15) is 0 Å². The fourth-order valence-corrected chi connectivity index (χ4v) is 1.81. The van der Waals surface area contributed by atoms with E-state index < -0.39 is 8.07 Å². The largest absolute Gasteiger partial charge is 0.508 e. The lowest BCUT2D eigenvalue weighted by molar-refractivity contribution is 0.373. The Balaban J connectivity index is 2.82. The molecule has 0 saturated carbocycles. The maximum Gasteiger partial charge on any atom is 0.122 e. The summed E-state index contributed by atoms with van der Waals surface area (Å²) >= 11 is 0. The number of phenols is 1. The number of hydrogen-bond donors (Lipinski definition) is 1. The van der Waals surface area contributed by atoms with Gasteiger partial charge in [0, 0.05) is 0 Å². The first-order valence-electron chi connectivity index (χ1n) is 5.22. The van der Waals surface area contributed by atoms with Crippen LogP contribution in [0.15, 0.2) is 12.1 Å². The van der Waals surface area contributed by atoms with E-state index >= 15 is 0 Å². The van der Waals surface area contributed by atoms with Gasteiger partial charge in [0.2, 0.25) is 0 Å². The monoisotopic (exact) mass is 224 g/mol. The lowest BCUT2D eigenvalue weighted by Crippen LogP contribution is -2.30. The van der Waals surface area contributed by atoms with E-state index in [9.17, 15) is 5.11 Å². The molecule has 0 atom stereocenters. The summed E-state index contributed by atoms with van der Waals surface area (Å²) in [5, 5.41) is 9.51. The van der Waals surface area contributed by atoms with E-state index in [-0.39, 0.29) is 0 Å². The highest BCUT2D eigenvalue weighted by Crippen LogP contribution is 2.27. The quantitative estimate of drug-likeness (QED) is 0.799. The van der Waals surface area contributed by atoms with Gasteiger partial charge in [-0.25, -0.2) is 0 Å². The van der Waals surface area contributed by atoms with Crippen molar-refractivity contribution in [3.8, 4) is 11.5 Å². The Bertz CT molecular complexity index is 353. The van der Waals surface area contributed by atoms with Crippen molar-refractivity contribution in [1.29, 1.82) is 0 Å². The molecule has 0 aliphatic rings. The van der Waals surface area contributed by atoms with Crippen LogP contribution < -0.4 is 4.74 Å². The molecule has 0 unspecified atom stereocenters. The highest BCUT2D eigenvalue weighted by atomic mass is 28.3. The average molecular weight is 224 g/mol. The fraction of sp³-hybridized carbons (Fsp3) is 0.500. The van der Waals surface area contributed by atoms with Gasteiger partial charge in [0.1, 0.15) is 11.5 Å². The summed E-state index contributed by atoms with van der Waals surface area (Å²) in [4.78, 5) is 0. The molecule has 1 aromatic rings. The normalized spacial score (nSPS) is 11.5. The minimum absolute atomic E-state index is 0.341. The van der Waals surface area contributed by atoms with E-state index in [4.69, 9.17) is 4.74 Å². The molecule has 0 spiro atoms. The van der Waals surface area contributed by atoms with Crippen LogP contribution in [0.5, 0.6) is 11.5 Å². The molecule has 0 aliphatic carbocycles.